The molecule has 0 aromatic heterocycles. The summed E-state index contributed by atoms with van der Waals surface area (Å²) in [4.78, 5) is 2.70. The van der Waals surface area contributed by atoms with E-state index in [0.29, 0.717) is 11.5 Å². The van der Waals surface area contributed by atoms with Crippen molar-refractivity contribution in [3.63, 3.8) is 0 Å². The first-order chi connectivity index (χ1) is 8.79. The molecule has 0 aromatic rings. The Kier molecular flexibility index (Phi) is 5.46. The van der Waals surface area contributed by atoms with Gasteiger partial charge >= 0.3 is 0 Å². The normalized spacial score (nSPS) is 28.7. The van der Waals surface area contributed by atoms with Gasteiger partial charge in [-0.05, 0) is 31.2 Å². The summed E-state index contributed by atoms with van der Waals surface area (Å²) in [7, 11) is 0. The second-order valence-electron chi connectivity index (χ2n) is 6.09. The Morgan fingerprint density at radius 3 is 2.72 bits per heavy atom. The Hall–Kier alpha value is -0.120. The van der Waals surface area contributed by atoms with Gasteiger partial charge in [0.15, 0.2) is 0 Å². The summed E-state index contributed by atoms with van der Waals surface area (Å²) in [6.45, 7) is 11.1. The molecule has 1 saturated heterocycles. The molecule has 106 valence electrons. The van der Waals surface area contributed by atoms with Crippen LogP contribution in [-0.4, -0.2) is 50.3 Å². The Balaban J connectivity index is 1.94. The van der Waals surface area contributed by atoms with Gasteiger partial charge in [0, 0.05) is 25.7 Å². The fourth-order valence-electron chi connectivity index (χ4n) is 3.61. The van der Waals surface area contributed by atoms with Crippen molar-refractivity contribution < 1.29 is 4.74 Å². The van der Waals surface area contributed by atoms with Crippen LogP contribution in [0.2, 0.25) is 0 Å². The third-order valence-electron chi connectivity index (χ3n) is 4.77. The molecule has 0 amide bonds. The monoisotopic (exact) mass is 254 g/mol. The van der Waals surface area contributed by atoms with Crippen LogP contribution in [0.4, 0.5) is 0 Å². The number of hydrogen-bond acceptors (Lipinski definition) is 3. The minimum absolute atomic E-state index is 0.542. The number of rotatable bonds is 6. The Morgan fingerprint density at radius 2 is 2.06 bits per heavy atom. The fraction of sp³-hybridized carbons (Fsp3) is 1.00. The van der Waals surface area contributed by atoms with E-state index >= 15 is 0 Å². The second-order valence-corrected chi connectivity index (χ2v) is 6.09. The van der Waals surface area contributed by atoms with Crippen LogP contribution in [0, 0.1) is 5.41 Å². The van der Waals surface area contributed by atoms with Crippen molar-refractivity contribution >= 4 is 0 Å². The van der Waals surface area contributed by atoms with Crippen molar-refractivity contribution in [1.29, 1.82) is 0 Å². The summed E-state index contributed by atoms with van der Waals surface area (Å²) in [6, 6.07) is 0.651. The molecule has 1 saturated carbocycles. The molecule has 0 radical (unpaired) electrons. The lowest BCUT2D eigenvalue weighted by Crippen LogP contribution is -2.51. The zero-order valence-corrected chi connectivity index (χ0v) is 12.2. The average molecular weight is 254 g/mol. The predicted octanol–water partition coefficient (Wildman–Crippen LogP) is 2.27. The molecule has 3 nitrogen and oxygen atoms in total. The van der Waals surface area contributed by atoms with E-state index in [0.717, 1.165) is 26.3 Å². The summed E-state index contributed by atoms with van der Waals surface area (Å²) in [5.74, 6) is 0. The molecule has 0 aromatic carbocycles. The number of hydrogen-bond donors (Lipinski definition) is 1. The molecule has 1 atom stereocenters. The van der Waals surface area contributed by atoms with Gasteiger partial charge in [0.2, 0.25) is 0 Å². The molecule has 1 N–H and O–H groups in total. The molecule has 3 heteroatoms. The van der Waals surface area contributed by atoms with Crippen LogP contribution in [0.3, 0.4) is 0 Å². The highest BCUT2D eigenvalue weighted by molar-refractivity contribution is 4.91. The van der Waals surface area contributed by atoms with Gasteiger partial charge in [0.1, 0.15) is 0 Å². The Bertz CT molecular complexity index is 239. The highest BCUT2D eigenvalue weighted by Gasteiger charge is 2.37. The minimum Gasteiger partial charge on any atom is -0.378 e. The average Bonchev–Trinajstić information content (AvgIpc) is 2.86. The zero-order chi connectivity index (χ0) is 12.8. The zero-order valence-electron chi connectivity index (χ0n) is 12.2. The summed E-state index contributed by atoms with van der Waals surface area (Å²) >= 11 is 0. The van der Waals surface area contributed by atoms with E-state index in [-0.39, 0.29) is 0 Å². The quantitative estimate of drug-likeness (QED) is 0.787. The summed E-state index contributed by atoms with van der Waals surface area (Å²) in [5, 5.41) is 3.60. The van der Waals surface area contributed by atoms with Crippen molar-refractivity contribution in [2.75, 3.05) is 39.4 Å². The second kappa shape index (κ2) is 6.88. The van der Waals surface area contributed by atoms with Gasteiger partial charge in [-0.1, -0.05) is 26.7 Å². The summed E-state index contributed by atoms with van der Waals surface area (Å²) in [6.07, 6.45) is 6.89. The molecule has 1 aliphatic heterocycles. The van der Waals surface area contributed by atoms with E-state index in [1.807, 2.05) is 0 Å². The van der Waals surface area contributed by atoms with Crippen LogP contribution in [0.25, 0.3) is 0 Å². The van der Waals surface area contributed by atoms with Crippen LogP contribution in [0.5, 0.6) is 0 Å². The van der Waals surface area contributed by atoms with Gasteiger partial charge < -0.3 is 10.1 Å². The Labute approximate surface area is 112 Å². The van der Waals surface area contributed by atoms with E-state index in [4.69, 9.17) is 4.74 Å². The van der Waals surface area contributed by atoms with Gasteiger partial charge in [-0.25, -0.2) is 0 Å². The number of nitrogens with one attached hydrogen (secondary N) is 1. The highest BCUT2D eigenvalue weighted by atomic mass is 16.5. The largest absolute Gasteiger partial charge is 0.378 e. The van der Waals surface area contributed by atoms with Gasteiger partial charge in [-0.2, -0.15) is 0 Å². The molecule has 2 rings (SSSR count). The SMILES string of the molecule is CCNCC1(CN2CCOCC2CC)CCCC1. The molecule has 0 bridgehead atoms. The third kappa shape index (κ3) is 3.46. The van der Waals surface area contributed by atoms with Gasteiger partial charge in [0.05, 0.1) is 13.2 Å². The van der Waals surface area contributed by atoms with Crippen molar-refractivity contribution in [3.05, 3.63) is 0 Å². The van der Waals surface area contributed by atoms with Crippen LogP contribution >= 0.6 is 0 Å². The molecule has 1 unspecified atom stereocenters. The lowest BCUT2D eigenvalue weighted by Gasteiger charge is -2.41. The van der Waals surface area contributed by atoms with Crippen LogP contribution in [0.15, 0.2) is 0 Å². The highest BCUT2D eigenvalue weighted by Crippen LogP contribution is 2.39. The number of nitrogens with zero attached hydrogens (tertiary/aromatic N) is 1. The maximum absolute atomic E-state index is 5.62. The van der Waals surface area contributed by atoms with E-state index in [2.05, 4.69) is 24.1 Å². The van der Waals surface area contributed by atoms with Crippen LogP contribution in [0.1, 0.15) is 46.0 Å². The fourth-order valence-corrected chi connectivity index (χ4v) is 3.61. The molecule has 2 aliphatic rings. The van der Waals surface area contributed by atoms with E-state index in [1.54, 1.807) is 0 Å². The number of ether oxygens (including phenoxy) is 1. The van der Waals surface area contributed by atoms with Crippen molar-refractivity contribution in [1.82, 2.24) is 10.2 Å². The predicted molar refractivity (Wildman–Crippen MR) is 75.9 cm³/mol. The molecular formula is C15H30N2O. The smallest absolute Gasteiger partial charge is 0.0622 e. The van der Waals surface area contributed by atoms with Crippen LogP contribution < -0.4 is 5.32 Å². The van der Waals surface area contributed by atoms with Gasteiger partial charge in [0.25, 0.3) is 0 Å². The molecule has 0 spiro atoms. The first-order valence-electron chi connectivity index (χ1n) is 7.82. The van der Waals surface area contributed by atoms with Crippen molar-refractivity contribution in [2.45, 2.75) is 52.0 Å². The maximum atomic E-state index is 5.62. The minimum atomic E-state index is 0.542. The Morgan fingerprint density at radius 1 is 1.28 bits per heavy atom. The van der Waals surface area contributed by atoms with Crippen LogP contribution in [-0.2, 0) is 4.74 Å². The molecule has 1 heterocycles. The molecule has 1 aliphatic carbocycles. The van der Waals surface area contributed by atoms with E-state index < -0.39 is 0 Å². The van der Waals surface area contributed by atoms with Crippen molar-refractivity contribution in [3.8, 4) is 0 Å². The third-order valence-corrected chi connectivity index (χ3v) is 4.77. The lowest BCUT2D eigenvalue weighted by molar-refractivity contribution is -0.0274. The lowest BCUT2D eigenvalue weighted by atomic mass is 9.84. The van der Waals surface area contributed by atoms with E-state index in [9.17, 15) is 0 Å². The topological polar surface area (TPSA) is 24.5 Å². The number of morpholine rings is 1. The van der Waals surface area contributed by atoms with Gasteiger partial charge in [-0.15, -0.1) is 0 Å². The first kappa shape index (κ1) is 14.3. The molecular weight excluding hydrogens is 224 g/mol. The van der Waals surface area contributed by atoms with E-state index in [1.165, 1.54) is 45.2 Å². The molecule has 2 fully saturated rings. The maximum Gasteiger partial charge on any atom is 0.0622 e. The van der Waals surface area contributed by atoms with Crippen molar-refractivity contribution in [2.24, 2.45) is 5.41 Å². The molecule has 18 heavy (non-hydrogen) atoms. The summed E-state index contributed by atoms with van der Waals surface area (Å²) < 4.78 is 5.62. The summed E-state index contributed by atoms with van der Waals surface area (Å²) in [5.41, 5.74) is 0.542. The standard InChI is InChI=1S/C15H30N2O/c1-3-14-11-18-10-9-17(14)13-15(12-16-4-2)7-5-6-8-15/h14,16H,3-13H2,1-2H3. The first-order valence-corrected chi connectivity index (χ1v) is 7.82. The van der Waals surface area contributed by atoms with Gasteiger partial charge in [-0.3, -0.25) is 4.90 Å².